The van der Waals surface area contributed by atoms with Gasteiger partial charge in [0.1, 0.15) is 5.60 Å². The zero-order valence-corrected chi connectivity index (χ0v) is 21.1. The van der Waals surface area contributed by atoms with Gasteiger partial charge in [0.25, 0.3) is 5.91 Å². The Bertz CT molecular complexity index is 1260. The molecular formula is C28H34N4O3. The molecule has 2 atom stereocenters. The second-order valence-corrected chi connectivity index (χ2v) is 12.1. The van der Waals surface area contributed by atoms with Crippen molar-refractivity contribution in [2.45, 2.75) is 77.0 Å². The van der Waals surface area contributed by atoms with E-state index in [0.29, 0.717) is 6.04 Å². The first kappa shape index (κ1) is 22.4. The van der Waals surface area contributed by atoms with Gasteiger partial charge in [0.2, 0.25) is 0 Å². The molecule has 2 aromatic carbocycles. The minimum Gasteiger partial charge on any atom is -0.444 e. The third-order valence-electron chi connectivity index (χ3n) is 8.00. The quantitative estimate of drug-likeness (QED) is 0.665. The van der Waals surface area contributed by atoms with Crippen LogP contribution in [0.15, 0.2) is 35.4 Å². The molecule has 4 aliphatic rings. The zero-order valence-electron chi connectivity index (χ0n) is 21.1. The Balaban J connectivity index is 1.16. The van der Waals surface area contributed by atoms with Gasteiger partial charge in [-0.05, 0) is 76.0 Å². The number of anilines is 1. The number of hydrogen-bond donors (Lipinski definition) is 1. The van der Waals surface area contributed by atoms with E-state index in [1.165, 1.54) is 5.56 Å². The van der Waals surface area contributed by atoms with Crippen LogP contribution in [-0.2, 0) is 11.2 Å². The van der Waals surface area contributed by atoms with Gasteiger partial charge >= 0.3 is 6.09 Å². The first-order valence-electron chi connectivity index (χ1n) is 12.7. The molecular weight excluding hydrogens is 440 g/mol. The Labute approximate surface area is 206 Å². The first-order chi connectivity index (χ1) is 16.6. The van der Waals surface area contributed by atoms with E-state index >= 15 is 0 Å². The highest BCUT2D eigenvalue weighted by atomic mass is 16.6. The molecule has 3 heterocycles. The summed E-state index contributed by atoms with van der Waals surface area (Å²) in [4.78, 5) is 27.1. The number of amides is 2. The van der Waals surface area contributed by atoms with Crippen molar-refractivity contribution < 1.29 is 14.3 Å². The molecule has 2 aromatic rings. The van der Waals surface area contributed by atoms with Crippen molar-refractivity contribution in [1.82, 2.24) is 9.91 Å². The highest BCUT2D eigenvalue weighted by molar-refractivity contribution is 6.24. The molecule has 1 aliphatic carbocycles. The van der Waals surface area contributed by atoms with Crippen molar-refractivity contribution in [2.24, 2.45) is 10.5 Å². The fraction of sp³-hybridized carbons (Fsp3) is 0.536. The van der Waals surface area contributed by atoms with Crippen molar-refractivity contribution in [2.75, 3.05) is 18.4 Å². The fourth-order valence-corrected chi connectivity index (χ4v) is 6.17. The molecule has 1 saturated heterocycles. The van der Waals surface area contributed by atoms with Crippen LogP contribution in [0.2, 0.25) is 0 Å². The van der Waals surface area contributed by atoms with Crippen LogP contribution < -0.4 is 5.32 Å². The Morgan fingerprint density at radius 1 is 1.23 bits per heavy atom. The third-order valence-corrected chi connectivity index (χ3v) is 8.00. The van der Waals surface area contributed by atoms with Crippen molar-refractivity contribution in [1.29, 1.82) is 0 Å². The molecule has 7 nitrogen and oxygen atoms in total. The average Bonchev–Trinajstić information content (AvgIpc) is 3.30. The number of piperidine rings is 1. The van der Waals surface area contributed by atoms with Crippen LogP contribution in [0.3, 0.4) is 0 Å². The second kappa shape index (κ2) is 7.45. The van der Waals surface area contributed by atoms with Gasteiger partial charge in [-0.15, -0.1) is 0 Å². The van der Waals surface area contributed by atoms with E-state index in [2.05, 4.69) is 35.6 Å². The van der Waals surface area contributed by atoms with E-state index in [0.717, 1.165) is 67.2 Å². The summed E-state index contributed by atoms with van der Waals surface area (Å²) in [5, 5.41) is 12.3. The number of rotatable bonds is 3. The van der Waals surface area contributed by atoms with Crippen LogP contribution in [-0.4, -0.2) is 58.4 Å². The van der Waals surface area contributed by atoms with Crippen molar-refractivity contribution in [3.63, 3.8) is 0 Å². The minimum absolute atomic E-state index is 0.0192. The lowest BCUT2D eigenvalue weighted by Gasteiger charge is -2.43. The molecule has 0 aromatic heterocycles. The smallest absolute Gasteiger partial charge is 0.410 e. The number of carbonyl (C=O) groups is 2. The van der Waals surface area contributed by atoms with Crippen molar-refractivity contribution in [3.8, 4) is 0 Å². The monoisotopic (exact) mass is 474 g/mol. The normalized spacial score (nSPS) is 26.5. The average molecular weight is 475 g/mol. The molecule has 6 rings (SSSR count). The predicted octanol–water partition coefficient (Wildman–Crippen LogP) is 5.19. The Kier molecular flexibility index (Phi) is 4.77. The largest absolute Gasteiger partial charge is 0.444 e. The van der Waals surface area contributed by atoms with Gasteiger partial charge in [0, 0.05) is 46.9 Å². The van der Waals surface area contributed by atoms with Crippen LogP contribution in [0.4, 0.5) is 10.5 Å². The summed E-state index contributed by atoms with van der Waals surface area (Å²) >= 11 is 0. The van der Waals surface area contributed by atoms with Gasteiger partial charge in [-0.3, -0.25) is 9.80 Å². The van der Waals surface area contributed by atoms with E-state index in [1.54, 1.807) is 0 Å². The van der Waals surface area contributed by atoms with Crippen LogP contribution in [0.5, 0.6) is 0 Å². The molecule has 1 saturated carbocycles. The standard InChI is InChI=1S/C28H34N4O3/c1-26(2,3)35-25(34)31-13-10-19(15-28(31)11-12-28)32-17-27(4,16-29-32)14-18-8-9-22-23-20(18)6-5-7-21(23)24(33)30-22/h5-9,16,19H,10-15,17H2,1-4H3,(H,30,33)/t19-,27?/m1/s1. The van der Waals surface area contributed by atoms with Gasteiger partial charge in [-0.1, -0.05) is 25.1 Å². The Hall–Kier alpha value is -3.09. The molecule has 1 spiro atoms. The number of ether oxygens (including phenoxy) is 1. The molecule has 184 valence electrons. The Morgan fingerprint density at radius 2 is 2.03 bits per heavy atom. The Morgan fingerprint density at radius 3 is 2.77 bits per heavy atom. The van der Waals surface area contributed by atoms with E-state index in [4.69, 9.17) is 9.84 Å². The molecule has 2 fully saturated rings. The zero-order chi connectivity index (χ0) is 24.6. The summed E-state index contributed by atoms with van der Waals surface area (Å²) in [5.41, 5.74) is 2.29. The van der Waals surface area contributed by atoms with Crippen molar-refractivity contribution in [3.05, 3.63) is 41.5 Å². The van der Waals surface area contributed by atoms with Crippen LogP contribution in [0.1, 0.15) is 69.3 Å². The lowest BCUT2D eigenvalue weighted by atomic mass is 9.83. The number of carbonyl (C=O) groups excluding carboxylic acids is 2. The topological polar surface area (TPSA) is 74.2 Å². The highest BCUT2D eigenvalue weighted by Crippen LogP contribution is 2.50. The molecule has 3 aliphatic heterocycles. The van der Waals surface area contributed by atoms with Crippen LogP contribution >= 0.6 is 0 Å². The maximum absolute atomic E-state index is 12.8. The summed E-state index contributed by atoms with van der Waals surface area (Å²) in [5.74, 6) is -0.0192. The van der Waals surface area contributed by atoms with E-state index < -0.39 is 5.60 Å². The maximum Gasteiger partial charge on any atom is 0.410 e. The van der Waals surface area contributed by atoms with E-state index in [-0.39, 0.29) is 23.0 Å². The summed E-state index contributed by atoms with van der Waals surface area (Å²) in [6.45, 7) is 9.62. The van der Waals surface area contributed by atoms with Gasteiger partial charge in [0.15, 0.2) is 0 Å². The van der Waals surface area contributed by atoms with Gasteiger partial charge in [0.05, 0.1) is 6.04 Å². The van der Waals surface area contributed by atoms with E-state index in [9.17, 15) is 9.59 Å². The minimum atomic E-state index is -0.475. The molecule has 35 heavy (non-hydrogen) atoms. The second-order valence-electron chi connectivity index (χ2n) is 12.1. The van der Waals surface area contributed by atoms with Crippen LogP contribution in [0, 0.1) is 5.41 Å². The molecule has 2 amide bonds. The summed E-state index contributed by atoms with van der Waals surface area (Å²) in [6, 6.07) is 10.5. The lowest BCUT2D eigenvalue weighted by Crippen LogP contribution is -2.54. The van der Waals surface area contributed by atoms with Gasteiger partial charge in [-0.2, -0.15) is 5.10 Å². The fourth-order valence-electron chi connectivity index (χ4n) is 6.17. The number of nitrogens with one attached hydrogen (secondary N) is 1. The van der Waals surface area contributed by atoms with Crippen LogP contribution in [0.25, 0.3) is 10.8 Å². The molecule has 1 N–H and O–H groups in total. The summed E-state index contributed by atoms with van der Waals surface area (Å²) in [7, 11) is 0. The number of benzene rings is 2. The predicted molar refractivity (Wildman–Crippen MR) is 137 cm³/mol. The number of likely N-dealkylation sites (tertiary alicyclic amines) is 1. The molecule has 0 bridgehead atoms. The van der Waals surface area contributed by atoms with E-state index in [1.807, 2.05) is 43.9 Å². The molecule has 0 radical (unpaired) electrons. The highest BCUT2D eigenvalue weighted by Gasteiger charge is 2.55. The number of hydrogen-bond acceptors (Lipinski definition) is 5. The molecule has 1 unspecified atom stereocenters. The maximum atomic E-state index is 12.8. The van der Waals surface area contributed by atoms with Gasteiger partial charge in [-0.25, -0.2) is 4.79 Å². The third kappa shape index (κ3) is 3.85. The summed E-state index contributed by atoms with van der Waals surface area (Å²) in [6.07, 6.45) is 6.75. The number of hydrazone groups is 1. The van der Waals surface area contributed by atoms with Crippen molar-refractivity contribution >= 4 is 34.7 Å². The van der Waals surface area contributed by atoms with Gasteiger partial charge < -0.3 is 15.0 Å². The molecule has 7 heteroatoms. The summed E-state index contributed by atoms with van der Waals surface area (Å²) < 4.78 is 5.69. The number of nitrogens with zero attached hydrogens (tertiary/aromatic N) is 3. The first-order valence-corrected chi connectivity index (χ1v) is 12.7. The SMILES string of the molecule is CC1(Cc2ccc3c4c(cccc24)C(=O)N3)C=NN([C@@H]2CCN(C(=O)OC(C)(C)C)C3(CC3)C2)C1. The lowest BCUT2D eigenvalue weighted by molar-refractivity contribution is -0.00718.